The van der Waals surface area contributed by atoms with Crippen LogP contribution in [0.3, 0.4) is 0 Å². The summed E-state index contributed by atoms with van der Waals surface area (Å²) in [6, 6.07) is 12.5. The van der Waals surface area contributed by atoms with Crippen molar-refractivity contribution in [3.05, 3.63) is 59.9 Å². The second kappa shape index (κ2) is 6.70. The van der Waals surface area contributed by atoms with Gasteiger partial charge in [-0.25, -0.2) is 4.39 Å². The molecule has 0 unspecified atom stereocenters. The van der Waals surface area contributed by atoms with Crippen LogP contribution in [0.25, 0.3) is 0 Å². The normalized spacial score (nSPS) is 17.0. The first-order valence-electron chi connectivity index (χ1n) is 7.58. The Morgan fingerprint density at radius 1 is 1.21 bits per heavy atom. The first-order chi connectivity index (χ1) is 11.6. The number of ether oxygens (including phenoxy) is 1. The number of nitrogens with one attached hydrogen (secondary N) is 1. The maximum absolute atomic E-state index is 13.7. The van der Waals surface area contributed by atoms with Gasteiger partial charge in [-0.1, -0.05) is 12.1 Å². The minimum absolute atomic E-state index is 0.0205. The molecule has 1 aliphatic heterocycles. The predicted octanol–water partition coefficient (Wildman–Crippen LogP) is 2.37. The number of halogens is 1. The van der Waals surface area contributed by atoms with Crippen LogP contribution in [-0.4, -0.2) is 31.5 Å². The number of carbonyl (C=O) groups excluding carboxylic acids is 2. The first kappa shape index (κ1) is 16.0. The molecule has 1 aliphatic rings. The molecule has 5 nitrogen and oxygen atoms in total. The molecular formula is C18H17FN2O3. The van der Waals surface area contributed by atoms with Crippen molar-refractivity contribution in [2.45, 2.75) is 12.5 Å². The summed E-state index contributed by atoms with van der Waals surface area (Å²) in [4.78, 5) is 26.0. The number of methoxy groups -OCH3 is 1. The summed E-state index contributed by atoms with van der Waals surface area (Å²) in [6.07, 6.45) is 0.187. The van der Waals surface area contributed by atoms with Crippen molar-refractivity contribution in [1.29, 1.82) is 0 Å². The Morgan fingerprint density at radius 2 is 1.92 bits per heavy atom. The summed E-state index contributed by atoms with van der Waals surface area (Å²) in [5.74, 6) is -0.470. The van der Waals surface area contributed by atoms with Crippen LogP contribution in [-0.2, 0) is 4.79 Å². The number of nitrogens with zero attached hydrogens (tertiary/aromatic N) is 1. The van der Waals surface area contributed by atoms with Gasteiger partial charge < -0.3 is 15.0 Å². The Labute approximate surface area is 139 Å². The zero-order valence-electron chi connectivity index (χ0n) is 13.2. The summed E-state index contributed by atoms with van der Waals surface area (Å²) in [5, 5.41) is 2.72. The Morgan fingerprint density at radius 3 is 2.58 bits per heavy atom. The molecule has 0 saturated carbocycles. The molecule has 1 N–H and O–H groups in total. The van der Waals surface area contributed by atoms with Gasteiger partial charge in [0.25, 0.3) is 5.91 Å². The largest absolute Gasteiger partial charge is 0.497 e. The van der Waals surface area contributed by atoms with Crippen molar-refractivity contribution in [2.24, 2.45) is 0 Å². The molecule has 1 saturated heterocycles. The Hall–Kier alpha value is -2.89. The molecule has 0 radical (unpaired) electrons. The summed E-state index contributed by atoms with van der Waals surface area (Å²) in [7, 11) is 1.57. The van der Waals surface area contributed by atoms with E-state index in [0.717, 1.165) is 5.69 Å². The highest BCUT2D eigenvalue weighted by Crippen LogP contribution is 2.24. The van der Waals surface area contributed by atoms with Gasteiger partial charge in [-0.05, 0) is 36.4 Å². The van der Waals surface area contributed by atoms with Gasteiger partial charge in [0.1, 0.15) is 11.6 Å². The van der Waals surface area contributed by atoms with Crippen LogP contribution in [0.1, 0.15) is 16.8 Å². The van der Waals surface area contributed by atoms with Crippen LogP contribution in [0.2, 0.25) is 0 Å². The molecule has 0 aliphatic carbocycles. The first-order valence-corrected chi connectivity index (χ1v) is 7.58. The van der Waals surface area contributed by atoms with E-state index in [0.29, 0.717) is 12.3 Å². The van der Waals surface area contributed by atoms with E-state index in [2.05, 4.69) is 5.32 Å². The fourth-order valence-corrected chi connectivity index (χ4v) is 2.72. The van der Waals surface area contributed by atoms with E-state index in [9.17, 15) is 14.0 Å². The number of amides is 2. The topological polar surface area (TPSA) is 58.6 Å². The number of anilines is 1. The summed E-state index contributed by atoms with van der Waals surface area (Å²) >= 11 is 0. The van der Waals surface area contributed by atoms with E-state index in [1.54, 1.807) is 42.3 Å². The lowest BCUT2D eigenvalue weighted by atomic mass is 10.1. The molecule has 1 atom stereocenters. The minimum atomic E-state index is -0.577. The van der Waals surface area contributed by atoms with E-state index in [1.807, 2.05) is 0 Å². The molecule has 0 aromatic heterocycles. The van der Waals surface area contributed by atoms with Gasteiger partial charge in [0.05, 0.1) is 18.7 Å². The fraction of sp³-hybridized carbons (Fsp3) is 0.222. The molecule has 124 valence electrons. The monoisotopic (exact) mass is 328 g/mol. The lowest BCUT2D eigenvalue weighted by Crippen LogP contribution is -2.37. The molecule has 0 spiro atoms. The van der Waals surface area contributed by atoms with E-state index < -0.39 is 11.7 Å². The Kier molecular flexibility index (Phi) is 4.46. The fourth-order valence-electron chi connectivity index (χ4n) is 2.72. The van der Waals surface area contributed by atoms with Gasteiger partial charge in [0.2, 0.25) is 5.91 Å². The molecule has 2 aromatic carbocycles. The predicted molar refractivity (Wildman–Crippen MR) is 87.6 cm³/mol. The van der Waals surface area contributed by atoms with Crippen LogP contribution in [0.5, 0.6) is 5.75 Å². The maximum atomic E-state index is 13.7. The average Bonchev–Trinajstić information content (AvgIpc) is 2.95. The van der Waals surface area contributed by atoms with Crippen LogP contribution < -0.4 is 15.0 Å². The lowest BCUT2D eigenvalue weighted by molar-refractivity contribution is -0.117. The summed E-state index contributed by atoms with van der Waals surface area (Å²) in [6.45, 7) is 0.353. The third-order valence-corrected chi connectivity index (χ3v) is 3.96. The zero-order valence-corrected chi connectivity index (χ0v) is 13.2. The number of hydrogen-bond acceptors (Lipinski definition) is 3. The molecule has 3 rings (SSSR count). The Bertz CT molecular complexity index is 761. The van der Waals surface area contributed by atoms with E-state index in [-0.39, 0.29) is 23.9 Å². The van der Waals surface area contributed by atoms with Gasteiger partial charge in [-0.3, -0.25) is 9.59 Å². The van der Waals surface area contributed by atoms with Gasteiger partial charge in [-0.2, -0.15) is 0 Å². The second-order valence-corrected chi connectivity index (χ2v) is 5.56. The van der Waals surface area contributed by atoms with Crippen LogP contribution in [0, 0.1) is 5.82 Å². The number of carbonyl (C=O) groups is 2. The maximum Gasteiger partial charge on any atom is 0.254 e. The standard InChI is InChI=1S/C18H17FN2O3/c1-24-14-8-6-13(7-9-14)21-11-12(10-17(21)22)20-18(23)15-4-2-3-5-16(15)19/h2-9,12H,10-11H2,1H3,(H,20,23)/t12-/m0/s1. The summed E-state index contributed by atoms with van der Waals surface area (Å²) in [5.41, 5.74) is 0.719. The smallest absolute Gasteiger partial charge is 0.254 e. The molecule has 1 fully saturated rings. The second-order valence-electron chi connectivity index (χ2n) is 5.56. The van der Waals surface area contributed by atoms with Crippen molar-refractivity contribution < 1.29 is 18.7 Å². The molecular weight excluding hydrogens is 311 g/mol. The quantitative estimate of drug-likeness (QED) is 0.937. The van der Waals surface area contributed by atoms with E-state index in [1.165, 1.54) is 18.2 Å². The highest BCUT2D eigenvalue weighted by molar-refractivity contribution is 5.99. The number of hydrogen-bond donors (Lipinski definition) is 1. The third-order valence-electron chi connectivity index (χ3n) is 3.96. The van der Waals surface area contributed by atoms with Crippen molar-refractivity contribution >= 4 is 17.5 Å². The van der Waals surface area contributed by atoms with Gasteiger partial charge in [0, 0.05) is 18.7 Å². The minimum Gasteiger partial charge on any atom is -0.497 e. The van der Waals surface area contributed by atoms with Gasteiger partial charge >= 0.3 is 0 Å². The Balaban J connectivity index is 1.68. The van der Waals surface area contributed by atoms with Crippen molar-refractivity contribution in [2.75, 3.05) is 18.6 Å². The van der Waals surface area contributed by atoms with Crippen molar-refractivity contribution in [3.8, 4) is 5.75 Å². The van der Waals surface area contributed by atoms with Crippen molar-refractivity contribution in [3.63, 3.8) is 0 Å². The highest BCUT2D eigenvalue weighted by Gasteiger charge is 2.32. The zero-order chi connectivity index (χ0) is 17.1. The van der Waals surface area contributed by atoms with E-state index in [4.69, 9.17) is 4.74 Å². The van der Waals surface area contributed by atoms with Crippen LogP contribution in [0.15, 0.2) is 48.5 Å². The van der Waals surface area contributed by atoms with Crippen molar-refractivity contribution in [1.82, 2.24) is 5.32 Å². The molecule has 1 heterocycles. The SMILES string of the molecule is COc1ccc(N2C[C@@H](NC(=O)c3ccccc3F)CC2=O)cc1. The van der Waals surface area contributed by atoms with Crippen LogP contribution >= 0.6 is 0 Å². The van der Waals surface area contributed by atoms with Crippen LogP contribution in [0.4, 0.5) is 10.1 Å². The van der Waals surface area contributed by atoms with Gasteiger partial charge in [-0.15, -0.1) is 0 Å². The molecule has 2 amide bonds. The summed E-state index contributed by atoms with van der Waals surface area (Å²) < 4.78 is 18.8. The molecule has 0 bridgehead atoms. The molecule has 2 aromatic rings. The average molecular weight is 328 g/mol. The number of benzene rings is 2. The van der Waals surface area contributed by atoms with E-state index >= 15 is 0 Å². The lowest BCUT2D eigenvalue weighted by Gasteiger charge is -2.17. The van der Waals surface area contributed by atoms with Gasteiger partial charge in [0.15, 0.2) is 0 Å². The third kappa shape index (κ3) is 3.22. The molecule has 24 heavy (non-hydrogen) atoms. The molecule has 6 heteroatoms. The number of rotatable bonds is 4. The highest BCUT2D eigenvalue weighted by atomic mass is 19.1.